The van der Waals surface area contributed by atoms with Gasteiger partial charge in [-0.15, -0.1) is 0 Å². The topological polar surface area (TPSA) is 92.5 Å². The number of nitro groups is 1. The Kier molecular flexibility index (Phi) is 3.06. The number of nitro benzene ring substituents is 1. The molecule has 90 valence electrons. The van der Waals surface area contributed by atoms with Gasteiger partial charge in [-0.3, -0.25) is 14.9 Å². The van der Waals surface area contributed by atoms with Crippen LogP contribution in [0.4, 0.5) is 5.69 Å². The number of carboxylic acids is 1. The standard InChI is InChI=1S/C11H12N2O4/c14-11(15)9-6-12-5-8(9)7-3-1-2-4-10(7)13(16)17/h1-4,8-9,12H,5-6H2,(H,14,15)/t8-,9+/m1/s1. The van der Waals surface area contributed by atoms with Gasteiger partial charge in [-0.25, -0.2) is 0 Å². The zero-order chi connectivity index (χ0) is 12.4. The van der Waals surface area contributed by atoms with E-state index >= 15 is 0 Å². The minimum atomic E-state index is -0.918. The number of para-hydroxylation sites is 1. The molecule has 1 aromatic carbocycles. The molecule has 0 unspecified atom stereocenters. The number of benzene rings is 1. The Hall–Kier alpha value is -1.95. The second-order valence-corrected chi connectivity index (χ2v) is 4.03. The summed E-state index contributed by atoms with van der Waals surface area (Å²) in [5, 5.41) is 22.9. The highest BCUT2D eigenvalue weighted by molar-refractivity contribution is 5.72. The van der Waals surface area contributed by atoms with Crippen molar-refractivity contribution in [3.8, 4) is 0 Å². The van der Waals surface area contributed by atoms with Crippen LogP contribution in [0.1, 0.15) is 11.5 Å². The van der Waals surface area contributed by atoms with Crippen LogP contribution in [0.5, 0.6) is 0 Å². The van der Waals surface area contributed by atoms with Crippen molar-refractivity contribution in [1.29, 1.82) is 0 Å². The first-order valence-electron chi connectivity index (χ1n) is 5.28. The normalized spacial score (nSPS) is 23.5. The van der Waals surface area contributed by atoms with E-state index in [-0.39, 0.29) is 11.6 Å². The predicted molar refractivity (Wildman–Crippen MR) is 59.8 cm³/mol. The highest BCUT2D eigenvalue weighted by atomic mass is 16.6. The van der Waals surface area contributed by atoms with Gasteiger partial charge in [0.2, 0.25) is 0 Å². The Labute approximate surface area is 97.4 Å². The third kappa shape index (κ3) is 2.12. The third-order valence-electron chi connectivity index (χ3n) is 3.06. The smallest absolute Gasteiger partial charge is 0.308 e. The molecule has 0 aromatic heterocycles. The maximum absolute atomic E-state index is 11.1. The molecule has 1 heterocycles. The minimum Gasteiger partial charge on any atom is -0.481 e. The van der Waals surface area contributed by atoms with E-state index in [9.17, 15) is 14.9 Å². The molecule has 6 heteroatoms. The van der Waals surface area contributed by atoms with E-state index in [0.29, 0.717) is 18.7 Å². The molecule has 0 aliphatic carbocycles. The van der Waals surface area contributed by atoms with Crippen LogP contribution in [-0.2, 0) is 4.79 Å². The molecule has 1 aromatic rings. The SMILES string of the molecule is O=C(O)[C@H]1CNC[C@@H]1c1ccccc1[N+](=O)[O-]. The van der Waals surface area contributed by atoms with E-state index in [2.05, 4.69) is 5.32 Å². The molecule has 0 bridgehead atoms. The molecule has 1 aliphatic heterocycles. The van der Waals surface area contributed by atoms with Gasteiger partial charge in [-0.05, 0) is 0 Å². The van der Waals surface area contributed by atoms with E-state index in [1.807, 2.05) is 0 Å². The van der Waals surface area contributed by atoms with E-state index in [0.717, 1.165) is 0 Å². The fourth-order valence-electron chi connectivity index (χ4n) is 2.23. The van der Waals surface area contributed by atoms with Crippen LogP contribution < -0.4 is 5.32 Å². The lowest BCUT2D eigenvalue weighted by molar-refractivity contribution is -0.385. The maximum Gasteiger partial charge on any atom is 0.308 e. The lowest BCUT2D eigenvalue weighted by Gasteiger charge is -2.14. The van der Waals surface area contributed by atoms with Crippen LogP contribution in [0.2, 0.25) is 0 Å². The summed E-state index contributed by atoms with van der Waals surface area (Å²) in [6, 6.07) is 6.32. The molecule has 0 radical (unpaired) electrons. The number of rotatable bonds is 3. The number of aliphatic carboxylic acids is 1. The minimum absolute atomic E-state index is 0.00699. The molecule has 1 fully saturated rings. The summed E-state index contributed by atoms with van der Waals surface area (Å²) < 4.78 is 0. The summed E-state index contributed by atoms with van der Waals surface area (Å²) in [6.07, 6.45) is 0. The molecule has 2 atom stereocenters. The van der Waals surface area contributed by atoms with Crippen LogP contribution in [0.15, 0.2) is 24.3 Å². The summed E-state index contributed by atoms with van der Waals surface area (Å²) in [4.78, 5) is 21.5. The van der Waals surface area contributed by atoms with Gasteiger partial charge in [0, 0.05) is 30.6 Å². The third-order valence-corrected chi connectivity index (χ3v) is 3.06. The monoisotopic (exact) mass is 236 g/mol. The number of hydrogen-bond donors (Lipinski definition) is 2. The first kappa shape index (κ1) is 11.5. The van der Waals surface area contributed by atoms with Crippen LogP contribution in [-0.4, -0.2) is 29.1 Å². The first-order chi connectivity index (χ1) is 8.11. The average Bonchev–Trinajstić information content (AvgIpc) is 2.77. The van der Waals surface area contributed by atoms with E-state index in [1.54, 1.807) is 18.2 Å². The summed E-state index contributed by atoms with van der Waals surface area (Å²) in [7, 11) is 0. The van der Waals surface area contributed by atoms with Gasteiger partial charge in [0.1, 0.15) is 0 Å². The number of hydrogen-bond acceptors (Lipinski definition) is 4. The zero-order valence-corrected chi connectivity index (χ0v) is 9.00. The van der Waals surface area contributed by atoms with E-state index < -0.39 is 16.8 Å². The molecule has 17 heavy (non-hydrogen) atoms. The first-order valence-corrected chi connectivity index (χ1v) is 5.28. The number of carboxylic acid groups (broad SMARTS) is 1. The molecular formula is C11H12N2O4. The zero-order valence-electron chi connectivity index (χ0n) is 9.00. The fraction of sp³-hybridized carbons (Fsp3) is 0.364. The highest BCUT2D eigenvalue weighted by Crippen LogP contribution is 2.34. The Morgan fingerprint density at radius 2 is 2.12 bits per heavy atom. The van der Waals surface area contributed by atoms with Crippen molar-refractivity contribution in [2.24, 2.45) is 5.92 Å². The molecular weight excluding hydrogens is 224 g/mol. The van der Waals surface area contributed by atoms with Crippen molar-refractivity contribution >= 4 is 11.7 Å². The number of nitrogens with zero attached hydrogens (tertiary/aromatic N) is 1. The highest BCUT2D eigenvalue weighted by Gasteiger charge is 2.37. The van der Waals surface area contributed by atoms with Gasteiger partial charge in [0.25, 0.3) is 5.69 Å². The summed E-state index contributed by atoms with van der Waals surface area (Å²) in [5.74, 6) is -1.86. The number of nitrogens with one attached hydrogen (secondary N) is 1. The van der Waals surface area contributed by atoms with Gasteiger partial charge < -0.3 is 10.4 Å². The van der Waals surface area contributed by atoms with Crippen molar-refractivity contribution in [2.75, 3.05) is 13.1 Å². The predicted octanol–water partition coefficient (Wildman–Crippen LogP) is 0.982. The van der Waals surface area contributed by atoms with Crippen molar-refractivity contribution in [1.82, 2.24) is 5.32 Å². The molecule has 1 aliphatic rings. The van der Waals surface area contributed by atoms with Crippen molar-refractivity contribution < 1.29 is 14.8 Å². The quantitative estimate of drug-likeness (QED) is 0.603. The second-order valence-electron chi connectivity index (χ2n) is 4.03. The lowest BCUT2D eigenvalue weighted by Crippen LogP contribution is -2.21. The van der Waals surface area contributed by atoms with Crippen LogP contribution in [0.25, 0.3) is 0 Å². The van der Waals surface area contributed by atoms with Crippen LogP contribution in [0.3, 0.4) is 0 Å². The van der Waals surface area contributed by atoms with E-state index in [4.69, 9.17) is 5.11 Å². The van der Waals surface area contributed by atoms with Gasteiger partial charge in [0.05, 0.1) is 10.8 Å². The molecule has 1 saturated heterocycles. The van der Waals surface area contributed by atoms with Crippen molar-refractivity contribution in [2.45, 2.75) is 5.92 Å². The van der Waals surface area contributed by atoms with Crippen LogP contribution >= 0.6 is 0 Å². The Morgan fingerprint density at radius 3 is 2.76 bits per heavy atom. The average molecular weight is 236 g/mol. The van der Waals surface area contributed by atoms with Crippen molar-refractivity contribution in [3.05, 3.63) is 39.9 Å². The fourth-order valence-corrected chi connectivity index (χ4v) is 2.23. The molecule has 0 saturated carbocycles. The van der Waals surface area contributed by atoms with Crippen LogP contribution in [0, 0.1) is 16.0 Å². The summed E-state index contributed by atoms with van der Waals surface area (Å²) in [6.45, 7) is 0.813. The Balaban J connectivity index is 2.39. The van der Waals surface area contributed by atoms with Gasteiger partial charge in [-0.2, -0.15) is 0 Å². The molecule has 6 nitrogen and oxygen atoms in total. The maximum atomic E-state index is 11.1. The largest absolute Gasteiger partial charge is 0.481 e. The second kappa shape index (κ2) is 4.50. The van der Waals surface area contributed by atoms with Gasteiger partial charge >= 0.3 is 5.97 Å². The molecule has 2 N–H and O–H groups in total. The number of carbonyl (C=O) groups is 1. The summed E-state index contributed by atoms with van der Waals surface area (Å²) in [5.41, 5.74) is 0.488. The summed E-state index contributed by atoms with van der Waals surface area (Å²) >= 11 is 0. The van der Waals surface area contributed by atoms with Crippen molar-refractivity contribution in [3.63, 3.8) is 0 Å². The Morgan fingerprint density at radius 1 is 1.41 bits per heavy atom. The van der Waals surface area contributed by atoms with E-state index in [1.165, 1.54) is 6.07 Å². The molecule has 0 amide bonds. The van der Waals surface area contributed by atoms with Gasteiger partial charge in [-0.1, -0.05) is 18.2 Å². The molecule has 2 rings (SSSR count). The Bertz CT molecular complexity index is 461. The van der Waals surface area contributed by atoms with Gasteiger partial charge in [0.15, 0.2) is 0 Å². The molecule has 0 spiro atoms. The lowest BCUT2D eigenvalue weighted by atomic mass is 9.88.